The number of hydrogen-bond donors (Lipinski definition) is 1. The molecule has 76 valence electrons. The van der Waals surface area contributed by atoms with E-state index in [2.05, 4.69) is 5.32 Å². The lowest BCUT2D eigenvalue weighted by Crippen LogP contribution is -2.33. The molecule has 1 aromatic rings. The summed E-state index contributed by atoms with van der Waals surface area (Å²) in [6.45, 7) is 2.09. The van der Waals surface area contributed by atoms with Gasteiger partial charge in [-0.15, -0.1) is 0 Å². The van der Waals surface area contributed by atoms with Gasteiger partial charge in [0.05, 0.1) is 12.7 Å². The van der Waals surface area contributed by atoms with Crippen molar-refractivity contribution in [1.82, 2.24) is 5.32 Å². The van der Waals surface area contributed by atoms with Crippen LogP contribution in [0, 0.1) is 5.82 Å². The summed E-state index contributed by atoms with van der Waals surface area (Å²) in [5.41, 5.74) is 0.571. The molecule has 0 radical (unpaired) electrons. The number of rotatable bonds is 1. The smallest absolute Gasteiger partial charge is 0.130 e. The predicted molar refractivity (Wildman–Crippen MR) is 53.0 cm³/mol. The van der Waals surface area contributed by atoms with E-state index in [9.17, 15) is 4.39 Å². The molecule has 0 amide bonds. The molecule has 0 aliphatic carbocycles. The van der Waals surface area contributed by atoms with Crippen LogP contribution in [0.3, 0.4) is 0 Å². The van der Waals surface area contributed by atoms with Crippen molar-refractivity contribution in [3.8, 4) is 0 Å². The van der Waals surface area contributed by atoms with Gasteiger partial charge in [0.15, 0.2) is 0 Å². The third-order valence-electron chi connectivity index (χ3n) is 2.24. The van der Waals surface area contributed by atoms with Gasteiger partial charge in [-0.05, 0) is 12.1 Å². The van der Waals surface area contributed by atoms with Crippen molar-refractivity contribution in [3.63, 3.8) is 0 Å². The lowest BCUT2D eigenvalue weighted by atomic mass is 10.1. The van der Waals surface area contributed by atoms with Crippen molar-refractivity contribution in [1.29, 1.82) is 0 Å². The third kappa shape index (κ3) is 2.05. The van der Waals surface area contributed by atoms with E-state index in [-0.39, 0.29) is 11.9 Å². The van der Waals surface area contributed by atoms with E-state index in [1.165, 1.54) is 6.07 Å². The Morgan fingerprint density at radius 3 is 3.00 bits per heavy atom. The Balaban J connectivity index is 2.22. The number of benzene rings is 1. The Bertz CT molecular complexity index is 326. The maximum absolute atomic E-state index is 13.4. The SMILES string of the molecule is Fc1cc(Cl)ccc1[C@H]1CNCCO1. The van der Waals surface area contributed by atoms with E-state index < -0.39 is 0 Å². The zero-order chi connectivity index (χ0) is 9.97. The topological polar surface area (TPSA) is 21.3 Å². The standard InChI is InChI=1S/C10H11ClFNO/c11-7-1-2-8(9(12)5-7)10-6-13-3-4-14-10/h1-2,5,10,13H,3-4,6H2/t10-/m1/s1. The van der Waals surface area contributed by atoms with E-state index in [1.54, 1.807) is 12.1 Å². The molecular weight excluding hydrogens is 205 g/mol. The molecule has 2 nitrogen and oxygen atoms in total. The lowest BCUT2D eigenvalue weighted by Gasteiger charge is -2.24. The van der Waals surface area contributed by atoms with E-state index in [0.29, 0.717) is 23.7 Å². The average molecular weight is 216 g/mol. The van der Waals surface area contributed by atoms with Crippen LogP contribution in [-0.4, -0.2) is 19.7 Å². The van der Waals surface area contributed by atoms with E-state index in [1.807, 2.05) is 0 Å². The van der Waals surface area contributed by atoms with Gasteiger partial charge in [-0.25, -0.2) is 4.39 Å². The van der Waals surface area contributed by atoms with Crippen LogP contribution in [0.1, 0.15) is 11.7 Å². The van der Waals surface area contributed by atoms with Crippen molar-refractivity contribution in [2.75, 3.05) is 19.7 Å². The molecule has 0 spiro atoms. The number of halogens is 2. The summed E-state index contributed by atoms with van der Waals surface area (Å²) < 4.78 is 18.9. The van der Waals surface area contributed by atoms with Gasteiger partial charge in [0.1, 0.15) is 5.82 Å². The molecule has 1 aliphatic heterocycles. The van der Waals surface area contributed by atoms with Crippen molar-refractivity contribution in [2.45, 2.75) is 6.10 Å². The Morgan fingerprint density at radius 1 is 1.50 bits per heavy atom. The zero-order valence-electron chi connectivity index (χ0n) is 7.59. The van der Waals surface area contributed by atoms with Gasteiger partial charge >= 0.3 is 0 Å². The molecule has 0 aromatic heterocycles. The summed E-state index contributed by atoms with van der Waals surface area (Å²) in [7, 11) is 0. The molecule has 1 N–H and O–H groups in total. The molecule has 1 atom stereocenters. The van der Waals surface area contributed by atoms with E-state index in [0.717, 1.165) is 6.54 Å². The predicted octanol–water partition coefficient (Wildman–Crippen LogP) is 2.14. The molecule has 1 heterocycles. The Kier molecular flexibility index (Phi) is 3.01. The fraction of sp³-hybridized carbons (Fsp3) is 0.400. The summed E-state index contributed by atoms with van der Waals surface area (Å²) >= 11 is 5.66. The summed E-state index contributed by atoms with van der Waals surface area (Å²) in [6.07, 6.45) is -0.194. The molecule has 14 heavy (non-hydrogen) atoms. The van der Waals surface area contributed by atoms with Crippen LogP contribution in [0.15, 0.2) is 18.2 Å². The molecule has 0 unspecified atom stereocenters. The minimum absolute atomic E-state index is 0.194. The molecule has 1 fully saturated rings. The van der Waals surface area contributed by atoms with Gasteiger partial charge in [0.25, 0.3) is 0 Å². The van der Waals surface area contributed by atoms with Crippen LogP contribution in [0.4, 0.5) is 4.39 Å². The number of nitrogens with one attached hydrogen (secondary N) is 1. The molecule has 1 saturated heterocycles. The van der Waals surface area contributed by atoms with Crippen molar-refractivity contribution in [3.05, 3.63) is 34.6 Å². The molecule has 2 rings (SSSR count). The summed E-state index contributed by atoms with van der Waals surface area (Å²) in [5.74, 6) is -0.300. The second kappa shape index (κ2) is 4.26. The van der Waals surface area contributed by atoms with Crippen molar-refractivity contribution >= 4 is 11.6 Å². The maximum atomic E-state index is 13.4. The molecule has 0 bridgehead atoms. The normalized spacial score (nSPS) is 22.3. The monoisotopic (exact) mass is 215 g/mol. The highest BCUT2D eigenvalue weighted by atomic mass is 35.5. The molecular formula is C10H11ClFNO. The Labute approximate surface area is 87.0 Å². The molecule has 1 aromatic carbocycles. The highest BCUT2D eigenvalue weighted by Gasteiger charge is 2.18. The van der Waals surface area contributed by atoms with Gasteiger partial charge in [-0.2, -0.15) is 0 Å². The first kappa shape index (κ1) is 9.90. The quantitative estimate of drug-likeness (QED) is 0.775. The minimum Gasteiger partial charge on any atom is -0.371 e. The average Bonchev–Trinajstić information content (AvgIpc) is 2.19. The summed E-state index contributed by atoms with van der Waals surface area (Å²) in [4.78, 5) is 0. The Hall–Kier alpha value is -0.640. The van der Waals surface area contributed by atoms with Gasteiger partial charge < -0.3 is 10.1 Å². The van der Waals surface area contributed by atoms with Gasteiger partial charge in [0.2, 0.25) is 0 Å². The summed E-state index contributed by atoms with van der Waals surface area (Å²) in [5, 5.41) is 3.56. The van der Waals surface area contributed by atoms with Crippen molar-refractivity contribution in [2.24, 2.45) is 0 Å². The van der Waals surface area contributed by atoms with Gasteiger partial charge in [-0.1, -0.05) is 17.7 Å². The minimum atomic E-state index is -0.300. The summed E-state index contributed by atoms with van der Waals surface area (Å²) in [6, 6.07) is 4.67. The fourth-order valence-electron chi connectivity index (χ4n) is 1.53. The van der Waals surface area contributed by atoms with Gasteiger partial charge in [-0.3, -0.25) is 0 Å². The van der Waals surface area contributed by atoms with E-state index in [4.69, 9.17) is 16.3 Å². The fourth-order valence-corrected chi connectivity index (χ4v) is 1.69. The number of ether oxygens (including phenoxy) is 1. The third-order valence-corrected chi connectivity index (χ3v) is 2.47. The van der Waals surface area contributed by atoms with Crippen LogP contribution in [0.25, 0.3) is 0 Å². The number of morpholine rings is 1. The van der Waals surface area contributed by atoms with Crippen LogP contribution in [0.2, 0.25) is 5.02 Å². The van der Waals surface area contributed by atoms with Crippen molar-refractivity contribution < 1.29 is 9.13 Å². The van der Waals surface area contributed by atoms with Crippen LogP contribution >= 0.6 is 11.6 Å². The van der Waals surface area contributed by atoms with E-state index >= 15 is 0 Å². The van der Waals surface area contributed by atoms with Crippen LogP contribution in [0.5, 0.6) is 0 Å². The maximum Gasteiger partial charge on any atom is 0.130 e. The molecule has 0 saturated carbocycles. The first-order valence-corrected chi connectivity index (χ1v) is 4.92. The highest BCUT2D eigenvalue weighted by Crippen LogP contribution is 2.24. The molecule has 1 aliphatic rings. The zero-order valence-corrected chi connectivity index (χ0v) is 8.35. The lowest BCUT2D eigenvalue weighted by molar-refractivity contribution is 0.0255. The second-order valence-electron chi connectivity index (χ2n) is 3.23. The Morgan fingerprint density at radius 2 is 2.36 bits per heavy atom. The highest BCUT2D eigenvalue weighted by molar-refractivity contribution is 6.30. The van der Waals surface area contributed by atoms with Crippen LogP contribution < -0.4 is 5.32 Å². The first-order valence-electron chi connectivity index (χ1n) is 4.54. The van der Waals surface area contributed by atoms with Crippen LogP contribution in [-0.2, 0) is 4.74 Å². The number of hydrogen-bond acceptors (Lipinski definition) is 2. The van der Waals surface area contributed by atoms with Gasteiger partial charge in [0, 0.05) is 23.7 Å². The second-order valence-corrected chi connectivity index (χ2v) is 3.67. The molecule has 4 heteroatoms. The largest absolute Gasteiger partial charge is 0.371 e. The first-order chi connectivity index (χ1) is 6.77.